The van der Waals surface area contributed by atoms with Gasteiger partial charge in [-0.05, 0) is 57.3 Å². The fraction of sp³-hybridized carbons (Fsp3) is 1.00. The van der Waals surface area contributed by atoms with Gasteiger partial charge in [0.2, 0.25) is 0 Å². The zero-order chi connectivity index (χ0) is 12.4. The molecule has 3 heteroatoms. The predicted octanol–water partition coefficient (Wildman–Crippen LogP) is 2.94. The highest BCUT2D eigenvalue weighted by molar-refractivity contribution is 6.24. The summed E-state index contributed by atoms with van der Waals surface area (Å²) in [6.45, 7) is 4.18. The van der Waals surface area contributed by atoms with Crippen LogP contribution < -0.4 is 5.32 Å². The zero-order valence-electron chi connectivity index (χ0n) is 11.3. The van der Waals surface area contributed by atoms with Crippen LogP contribution in [0.1, 0.15) is 45.4 Å². The van der Waals surface area contributed by atoms with E-state index >= 15 is 0 Å². The van der Waals surface area contributed by atoms with E-state index in [1.807, 2.05) is 0 Å². The molecule has 0 radical (unpaired) electrons. The van der Waals surface area contributed by atoms with Gasteiger partial charge in [-0.25, -0.2) is 0 Å². The van der Waals surface area contributed by atoms with Gasteiger partial charge in [0.05, 0.1) is 12.7 Å². The number of hydrogen-bond acceptors (Lipinski definition) is 2. The quantitative estimate of drug-likeness (QED) is 0.739. The van der Waals surface area contributed by atoms with E-state index in [9.17, 15) is 0 Å². The van der Waals surface area contributed by atoms with Crippen LogP contribution in [0.2, 0.25) is 0 Å². The molecule has 1 aliphatic heterocycles. The lowest BCUT2D eigenvalue weighted by Gasteiger charge is -2.63. The van der Waals surface area contributed by atoms with Crippen molar-refractivity contribution < 1.29 is 4.74 Å². The first kappa shape index (κ1) is 12.0. The zero-order valence-corrected chi connectivity index (χ0v) is 12.0. The Hall–Kier alpha value is 0.210. The van der Waals surface area contributed by atoms with Crippen LogP contribution in [0.3, 0.4) is 0 Å². The van der Waals surface area contributed by atoms with E-state index in [4.69, 9.17) is 16.3 Å². The fourth-order valence-corrected chi connectivity index (χ4v) is 6.69. The van der Waals surface area contributed by atoms with E-state index in [0.717, 1.165) is 25.0 Å². The molecule has 0 aromatic heterocycles. The molecule has 0 spiro atoms. The van der Waals surface area contributed by atoms with Gasteiger partial charge in [-0.3, -0.25) is 0 Å². The highest BCUT2D eigenvalue weighted by Gasteiger charge is 2.60. The molecule has 2 nitrogen and oxygen atoms in total. The minimum atomic E-state index is 0.116. The van der Waals surface area contributed by atoms with Gasteiger partial charge < -0.3 is 10.1 Å². The van der Waals surface area contributed by atoms with Crippen LogP contribution in [0, 0.1) is 17.3 Å². The minimum absolute atomic E-state index is 0.116. The molecule has 18 heavy (non-hydrogen) atoms. The van der Waals surface area contributed by atoms with E-state index in [-0.39, 0.29) is 4.87 Å². The standard InChI is InChI=1S/C15H24ClNO/c1-10-13(18-3-2-17-10)14-5-11-4-12(6-14)8-15(16,7-11)9-14/h10-13,17H,2-9H2,1H3. The molecule has 1 saturated heterocycles. The SMILES string of the molecule is CC1NCCOC1C12CC3CC(CC(Cl)(C3)C1)C2. The average Bonchev–Trinajstić information content (AvgIpc) is 2.25. The highest BCUT2D eigenvalue weighted by Crippen LogP contribution is 2.65. The lowest BCUT2D eigenvalue weighted by atomic mass is 9.47. The van der Waals surface area contributed by atoms with Gasteiger partial charge in [0.1, 0.15) is 0 Å². The minimum Gasteiger partial charge on any atom is -0.375 e. The molecule has 5 rings (SSSR count). The molecule has 4 atom stereocenters. The van der Waals surface area contributed by atoms with Crippen molar-refractivity contribution in [1.29, 1.82) is 0 Å². The van der Waals surface area contributed by atoms with E-state index in [1.54, 1.807) is 0 Å². The summed E-state index contributed by atoms with van der Waals surface area (Å²) in [5.41, 5.74) is 0.388. The third-order valence-electron chi connectivity index (χ3n) is 5.96. The summed E-state index contributed by atoms with van der Waals surface area (Å²) < 4.78 is 6.20. The van der Waals surface area contributed by atoms with Gasteiger partial charge in [0.15, 0.2) is 0 Å². The van der Waals surface area contributed by atoms with Gasteiger partial charge in [-0.15, -0.1) is 11.6 Å². The second kappa shape index (κ2) is 3.86. The van der Waals surface area contributed by atoms with Gasteiger partial charge in [0, 0.05) is 22.9 Å². The van der Waals surface area contributed by atoms with Gasteiger partial charge in [-0.1, -0.05) is 0 Å². The first-order valence-corrected chi connectivity index (χ1v) is 8.00. The molecule has 4 saturated carbocycles. The maximum absolute atomic E-state index is 6.91. The lowest BCUT2D eigenvalue weighted by molar-refractivity contribution is -0.155. The number of hydrogen-bond donors (Lipinski definition) is 1. The second-order valence-electron chi connectivity index (χ2n) is 7.51. The Labute approximate surface area is 115 Å². The molecule has 0 aromatic rings. The van der Waals surface area contributed by atoms with Crippen LogP contribution in [0.5, 0.6) is 0 Å². The molecule has 0 amide bonds. The van der Waals surface area contributed by atoms with Crippen molar-refractivity contribution in [2.24, 2.45) is 17.3 Å². The summed E-state index contributed by atoms with van der Waals surface area (Å²) in [4.78, 5) is 0.116. The molecular formula is C15H24ClNO. The normalized spacial score (nSPS) is 59.0. The predicted molar refractivity (Wildman–Crippen MR) is 72.9 cm³/mol. The van der Waals surface area contributed by atoms with Gasteiger partial charge in [0.25, 0.3) is 0 Å². The second-order valence-corrected chi connectivity index (χ2v) is 8.31. The Kier molecular flexibility index (Phi) is 2.57. The molecule has 1 N–H and O–H groups in total. The van der Waals surface area contributed by atoms with Crippen molar-refractivity contribution in [2.45, 2.75) is 62.5 Å². The monoisotopic (exact) mass is 269 g/mol. The number of nitrogens with one attached hydrogen (secondary N) is 1. The fourth-order valence-electron chi connectivity index (χ4n) is 5.98. The molecule has 5 aliphatic rings. The Morgan fingerprint density at radius 3 is 2.50 bits per heavy atom. The van der Waals surface area contributed by atoms with Crippen LogP contribution >= 0.6 is 11.6 Å². The van der Waals surface area contributed by atoms with Crippen molar-refractivity contribution in [1.82, 2.24) is 5.32 Å². The van der Waals surface area contributed by atoms with Crippen molar-refractivity contribution in [3.8, 4) is 0 Å². The number of ether oxygens (including phenoxy) is 1. The van der Waals surface area contributed by atoms with Crippen LogP contribution in [0.25, 0.3) is 0 Å². The molecule has 102 valence electrons. The Balaban J connectivity index is 1.66. The van der Waals surface area contributed by atoms with Crippen LogP contribution in [-0.4, -0.2) is 30.2 Å². The van der Waals surface area contributed by atoms with Crippen molar-refractivity contribution in [3.05, 3.63) is 0 Å². The van der Waals surface area contributed by atoms with Gasteiger partial charge in [-0.2, -0.15) is 0 Å². The topological polar surface area (TPSA) is 21.3 Å². The van der Waals surface area contributed by atoms with Crippen LogP contribution in [-0.2, 0) is 4.74 Å². The third kappa shape index (κ3) is 1.68. The van der Waals surface area contributed by atoms with E-state index in [2.05, 4.69) is 12.2 Å². The van der Waals surface area contributed by atoms with E-state index in [1.165, 1.54) is 38.5 Å². The van der Waals surface area contributed by atoms with Gasteiger partial charge >= 0.3 is 0 Å². The number of morpholine rings is 1. The van der Waals surface area contributed by atoms with Crippen LogP contribution in [0.15, 0.2) is 0 Å². The van der Waals surface area contributed by atoms with E-state index in [0.29, 0.717) is 17.6 Å². The lowest BCUT2D eigenvalue weighted by Crippen LogP contribution is -2.63. The molecule has 5 fully saturated rings. The average molecular weight is 270 g/mol. The maximum Gasteiger partial charge on any atom is 0.0782 e. The van der Waals surface area contributed by atoms with Crippen molar-refractivity contribution in [2.75, 3.05) is 13.2 Å². The largest absolute Gasteiger partial charge is 0.375 e. The molecule has 4 aliphatic carbocycles. The summed E-state index contributed by atoms with van der Waals surface area (Å²) in [5.74, 6) is 1.75. The Morgan fingerprint density at radius 2 is 1.89 bits per heavy atom. The molecule has 0 aromatic carbocycles. The summed E-state index contributed by atoms with van der Waals surface area (Å²) in [6.07, 6.45) is 8.30. The first-order valence-electron chi connectivity index (χ1n) is 7.63. The number of alkyl halides is 1. The molecule has 4 bridgehead atoms. The summed E-state index contributed by atoms with van der Waals surface area (Å²) in [7, 11) is 0. The summed E-state index contributed by atoms with van der Waals surface area (Å²) in [5, 5.41) is 3.60. The number of rotatable bonds is 1. The third-order valence-corrected chi connectivity index (χ3v) is 6.40. The maximum atomic E-state index is 6.91. The molecule has 4 unspecified atom stereocenters. The number of halogens is 1. The molecular weight excluding hydrogens is 246 g/mol. The smallest absolute Gasteiger partial charge is 0.0782 e. The van der Waals surface area contributed by atoms with Crippen molar-refractivity contribution >= 4 is 11.6 Å². The summed E-state index contributed by atoms with van der Waals surface area (Å²) >= 11 is 6.91. The first-order chi connectivity index (χ1) is 8.59. The van der Waals surface area contributed by atoms with E-state index < -0.39 is 0 Å². The highest BCUT2D eigenvalue weighted by atomic mass is 35.5. The van der Waals surface area contributed by atoms with Crippen molar-refractivity contribution in [3.63, 3.8) is 0 Å². The Bertz CT molecular complexity index is 344. The van der Waals surface area contributed by atoms with Crippen LogP contribution in [0.4, 0.5) is 0 Å². The Morgan fingerprint density at radius 1 is 1.17 bits per heavy atom. The molecule has 1 heterocycles. The summed E-state index contributed by atoms with van der Waals surface area (Å²) in [6, 6.07) is 0.496.